The van der Waals surface area contributed by atoms with Crippen molar-refractivity contribution in [2.24, 2.45) is 0 Å². The maximum absolute atomic E-state index is 14.0. The Morgan fingerprint density at radius 1 is 1.52 bits per heavy atom. The summed E-state index contributed by atoms with van der Waals surface area (Å²) in [5, 5.41) is 18.6. The minimum atomic E-state index is -2.01. The largest absolute Gasteiger partial charge is 0.475 e. The number of carbonyl (C=O) groups is 1. The Balaban J connectivity index is 2.31. The van der Waals surface area contributed by atoms with Gasteiger partial charge in [0.2, 0.25) is 5.75 Å². The lowest BCUT2D eigenvalue weighted by atomic mass is 10.1. The number of halogens is 1. The summed E-state index contributed by atoms with van der Waals surface area (Å²) < 4.78 is 29.0. The van der Waals surface area contributed by atoms with Gasteiger partial charge in [-0.1, -0.05) is 0 Å². The van der Waals surface area contributed by atoms with Gasteiger partial charge in [0, 0.05) is 0 Å². The number of alkyl halides is 1. The lowest BCUT2D eigenvalue weighted by molar-refractivity contribution is -0.142. The van der Waals surface area contributed by atoms with Crippen molar-refractivity contribution < 1.29 is 33.6 Å². The van der Waals surface area contributed by atoms with Gasteiger partial charge in [-0.2, -0.15) is 0 Å². The molecule has 3 N–H and O–H groups in total. The summed E-state index contributed by atoms with van der Waals surface area (Å²) in [6, 6.07) is 0. The van der Waals surface area contributed by atoms with E-state index in [1.54, 1.807) is 0 Å². The highest BCUT2D eigenvalue weighted by molar-refractivity contribution is 5.70. The normalized spacial score (nSPS) is 27.0. The number of nitrogens with zero attached hydrogens (tertiary/aromatic N) is 1. The first-order chi connectivity index (χ1) is 10.9. The predicted molar refractivity (Wildman–Crippen MR) is 70.7 cm³/mol. The zero-order valence-corrected chi connectivity index (χ0v) is 12.0. The van der Waals surface area contributed by atoms with Gasteiger partial charge in [0.1, 0.15) is 12.2 Å². The molecule has 0 radical (unpaired) electrons. The predicted octanol–water partition coefficient (Wildman–Crippen LogP) is -2.32. The Kier molecular flexibility index (Phi) is 5.13. The fourth-order valence-corrected chi connectivity index (χ4v) is 2.03. The Bertz CT molecular complexity index is 686. The van der Waals surface area contributed by atoms with Gasteiger partial charge in [-0.05, 0) is 0 Å². The number of aliphatic hydroxyl groups is 2. The Morgan fingerprint density at radius 2 is 2.22 bits per heavy atom. The van der Waals surface area contributed by atoms with Gasteiger partial charge in [-0.25, -0.2) is 14.0 Å². The molecular formula is C12H15FN2O8. The van der Waals surface area contributed by atoms with Crippen molar-refractivity contribution in [2.75, 3.05) is 20.3 Å². The fraction of sp³-hybridized carbons (Fsp3) is 0.583. The number of ether oxygens (including phenoxy) is 3. The maximum Gasteiger partial charge on any atom is 0.343 e. The van der Waals surface area contributed by atoms with Crippen LogP contribution >= 0.6 is 0 Å². The van der Waals surface area contributed by atoms with Crippen molar-refractivity contribution >= 4 is 5.97 Å². The molecule has 0 aromatic carbocycles. The third-order valence-electron chi connectivity index (χ3n) is 3.26. The quantitative estimate of drug-likeness (QED) is 0.510. The lowest BCUT2D eigenvalue weighted by Gasteiger charge is -2.16. The second-order valence-corrected chi connectivity index (χ2v) is 4.71. The summed E-state index contributed by atoms with van der Waals surface area (Å²) in [5.41, 5.74) is -1.93. The van der Waals surface area contributed by atoms with Crippen LogP contribution in [0.3, 0.4) is 0 Å². The number of methoxy groups -OCH3 is 1. The Morgan fingerprint density at radius 3 is 2.78 bits per heavy atom. The third-order valence-corrected chi connectivity index (χ3v) is 3.26. The average molecular weight is 334 g/mol. The van der Waals surface area contributed by atoms with Crippen molar-refractivity contribution in [3.8, 4) is 5.75 Å². The van der Waals surface area contributed by atoms with Crippen LogP contribution in [0.25, 0.3) is 0 Å². The van der Waals surface area contributed by atoms with Crippen LogP contribution in [0.15, 0.2) is 15.8 Å². The number of H-pyrrole nitrogens is 1. The van der Waals surface area contributed by atoms with Gasteiger partial charge >= 0.3 is 11.7 Å². The first kappa shape index (κ1) is 17.1. The van der Waals surface area contributed by atoms with Crippen LogP contribution in [-0.2, 0) is 14.3 Å². The second-order valence-electron chi connectivity index (χ2n) is 4.71. The number of nitrogens with one attached hydrogen (secondary N) is 1. The van der Waals surface area contributed by atoms with E-state index in [0.29, 0.717) is 4.57 Å². The molecule has 0 unspecified atom stereocenters. The summed E-state index contributed by atoms with van der Waals surface area (Å²) in [6.45, 7) is -1.24. The van der Waals surface area contributed by atoms with Crippen LogP contribution in [-0.4, -0.2) is 64.4 Å². The van der Waals surface area contributed by atoms with Crippen LogP contribution in [0, 0.1) is 0 Å². The molecule has 0 spiro atoms. The monoisotopic (exact) mass is 334 g/mol. The van der Waals surface area contributed by atoms with E-state index in [4.69, 9.17) is 14.6 Å². The molecule has 10 nitrogen and oxygen atoms in total. The van der Waals surface area contributed by atoms with E-state index in [1.807, 2.05) is 4.98 Å². The maximum atomic E-state index is 14.0. The summed E-state index contributed by atoms with van der Waals surface area (Å²) in [6.07, 6.45) is -5.57. The van der Waals surface area contributed by atoms with Crippen molar-refractivity contribution in [3.05, 3.63) is 27.0 Å². The summed E-state index contributed by atoms with van der Waals surface area (Å²) in [5.74, 6) is -1.20. The number of hydrogen-bond donors (Lipinski definition) is 3. The summed E-state index contributed by atoms with van der Waals surface area (Å²) in [4.78, 5) is 36.3. The molecule has 1 aliphatic heterocycles. The van der Waals surface area contributed by atoms with E-state index in [1.165, 1.54) is 0 Å². The molecule has 1 saturated heterocycles. The van der Waals surface area contributed by atoms with E-state index in [2.05, 4.69) is 4.74 Å². The van der Waals surface area contributed by atoms with Gasteiger partial charge in [0.05, 0.1) is 19.9 Å². The van der Waals surface area contributed by atoms with E-state index in [9.17, 15) is 23.9 Å². The molecule has 2 heterocycles. The molecular weight excluding hydrogens is 319 g/mol. The number of aliphatic hydroxyl groups excluding tert-OH is 2. The van der Waals surface area contributed by atoms with Crippen LogP contribution in [0.1, 0.15) is 6.23 Å². The highest BCUT2D eigenvalue weighted by Crippen LogP contribution is 2.30. The molecule has 1 fully saturated rings. The summed E-state index contributed by atoms with van der Waals surface area (Å²) in [7, 11) is 1.12. The third kappa shape index (κ3) is 3.41. The van der Waals surface area contributed by atoms with E-state index in [-0.39, 0.29) is 0 Å². The molecule has 1 aromatic rings. The number of aromatic amines is 1. The van der Waals surface area contributed by atoms with Crippen LogP contribution < -0.4 is 16.0 Å². The molecule has 0 bridgehead atoms. The minimum Gasteiger partial charge on any atom is -0.475 e. The molecule has 1 aliphatic rings. The Labute approximate surface area is 128 Å². The molecule has 0 aliphatic carbocycles. The first-order valence-corrected chi connectivity index (χ1v) is 6.52. The van der Waals surface area contributed by atoms with E-state index >= 15 is 0 Å². The molecule has 23 heavy (non-hydrogen) atoms. The molecule has 2 rings (SSSR count). The van der Waals surface area contributed by atoms with Gasteiger partial charge in [0.15, 0.2) is 19.0 Å². The number of aromatic nitrogens is 2. The minimum absolute atomic E-state index is 0.437. The van der Waals surface area contributed by atoms with Crippen LogP contribution in [0.4, 0.5) is 4.39 Å². The zero-order valence-electron chi connectivity index (χ0n) is 12.0. The van der Waals surface area contributed by atoms with E-state index in [0.717, 1.165) is 13.3 Å². The van der Waals surface area contributed by atoms with Gasteiger partial charge in [-0.3, -0.25) is 14.3 Å². The highest BCUT2D eigenvalue weighted by atomic mass is 19.1. The molecule has 1 aromatic heterocycles. The molecule has 11 heteroatoms. The van der Waals surface area contributed by atoms with Crippen LogP contribution in [0.2, 0.25) is 0 Å². The van der Waals surface area contributed by atoms with Gasteiger partial charge in [-0.15, -0.1) is 0 Å². The smallest absolute Gasteiger partial charge is 0.343 e. The number of hydrogen-bond acceptors (Lipinski definition) is 8. The average Bonchev–Trinajstić information content (AvgIpc) is 2.81. The zero-order chi connectivity index (χ0) is 17.1. The molecule has 4 atom stereocenters. The standard InChI is InChI=1S/C12H15FN2O8/c1-21-7(17)4-22-5-2-15(12(20)14-10(5)19)11-8(13)9(18)6(3-16)23-11/h2,6,8-9,11,16,18H,3-4H2,1H3,(H,14,19,20)/t6-,8+,9+,11-/m1/s1. The molecule has 0 saturated carbocycles. The highest BCUT2D eigenvalue weighted by Gasteiger charge is 2.45. The molecule has 0 amide bonds. The van der Waals surface area contributed by atoms with Gasteiger partial charge in [0.25, 0.3) is 5.56 Å². The molecule has 128 valence electrons. The SMILES string of the molecule is COC(=O)COc1cn([C@@H]2O[C@H](CO)[C@H](O)[C@@H]2F)c(=O)[nH]c1=O. The van der Waals surface area contributed by atoms with Crippen molar-refractivity contribution in [3.63, 3.8) is 0 Å². The first-order valence-electron chi connectivity index (χ1n) is 6.52. The second kappa shape index (κ2) is 6.89. The van der Waals surface area contributed by atoms with Gasteiger partial charge < -0.3 is 24.4 Å². The van der Waals surface area contributed by atoms with E-state index < -0.39 is 60.8 Å². The fourth-order valence-electron chi connectivity index (χ4n) is 2.03. The lowest BCUT2D eigenvalue weighted by Crippen LogP contribution is -2.36. The number of esters is 1. The van der Waals surface area contributed by atoms with Crippen molar-refractivity contribution in [2.45, 2.75) is 24.6 Å². The van der Waals surface area contributed by atoms with Crippen molar-refractivity contribution in [1.82, 2.24) is 9.55 Å². The van der Waals surface area contributed by atoms with Crippen LogP contribution in [0.5, 0.6) is 5.75 Å². The number of rotatable bonds is 5. The van der Waals surface area contributed by atoms with Crippen molar-refractivity contribution in [1.29, 1.82) is 0 Å². The Hall–Kier alpha value is -2.24. The summed E-state index contributed by atoms with van der Waals surface area (Å²) >= 11 is 0. The number of carbonyl (C=O) groups excluding carboxylic acids is 1. The topological polar surface area (TPSA) is 140 Å².